The fourth-order valence-electron chi connectivity index (χ4n) is 3.38. The number of carbonyl (C=O) groups is 2. The largest absolute Gasteiger partial charge is 0.416 e. The molecule has 2 aliphatic heterocycles. The second-order valence-electron chi connectivity index (χ2n) is 6.58. The number of amides is 2. The van der Waals surface area contributed by atoms with E-state index in [1.807, 2.05) is 0 Å². The molecule has 0 saturated carbocycles. The predicted molar refractivity (Wildman–Crippen MR) is 87.5 cm³/mol. The van der Waals surface area contributed by atoms with Gasteiger partial charge >= 0.3 is 6.18 Å². The molecule has 2 amide bonds. The monoisotopic (exact) mass is 370 g/mol. The van der Waals surface area contributed by atoms with Crippen LogP contribution in [0.25, 0.3) is 0 Å². The number of halogens is 3. The fraction of sp³-hybridized carbons (Fsp3) is 0.556. The van der Waals surface area contributed by atoms with Gasteiger partial charge in [-0.1, -0.05) is 6.07 Å². The van der Waals surface area contributed by atoms with E-state index in [4.69, 9.17) is 4.74 Å². The number of alkyl halides is 3. The van der Waals surface area contributed by atoms with Crippen molar-refractivity contribution in [1.82, 2.24) is 9.80 Å². The van der Waals surface area contributed by atoms with E-state index in [2.05, 4.69) is 0 Å². The first-order chi connectivity index (χ1) is 12.4. The Kier molecular flexibility index (Phi) is 5.50. The summed E-state index contributed by atoms with van der Waals surface area (Å²) in [7, 11) is 0. The normalized spacial score (nSPS) is 19.5. The Hall–Kier alpha value is -2.09. The molecule has 2 aliphatic rings. The molecule has 0 aromatic heterocycles. The average molecular weight is 370 g/mol. The van der Waals surface area contributed by atoms with E-state index < -0.39 is 17.6 Å². The molecule has 2 heterocycles. The molecule has 2 saturated heterocycles. The van der Waals surface area contributed by atoms with Gasteiger partial charge in [-0.25, -0.2) is 0 Å². The van der Waals surface area contributed by atoms with E-state index >= 15 is 0 Å². The lowest BCUT2D eigenvalue weighted by molar-refractivity contribution is -0.141. The van der Waals surface area contributed by atoms with Crippen molar-refractivity contribution in [1.29, 1.82) is 0 Å². The highest BCUT2D eigenvalue weighted by Gasteiger charge is 2.33. The van der Waals surface area contributed by atoms with E-state index in [0.29, 0.717) is 52.2 Å². The van der Waals surface area contributed by atoms with Crippen LogP contribution in [-0.4, -0.2) is 61.0 Å². The Morgan fingerprint density at radius 2 is 1.65 bits per heavy atom. The highest BCUT2D eigenvalue weighted by molar-refractivity contribution is 5.94. The van der Waals surface area contributed by atoms with Crippen LogP contribution in [0.1, 0.15) is 28.8 Å². The molecule has 5 nitrogen and oxygen atoms in total. The maximum atomic E-state index is 12.8. The first kappa shape index (κ1) is 18.7. The molecule has 142 valence electrons. The molecule has 26 heavy (non-hydrogen) atoms. The van der Waals surface area contributed by atoms with Crippen molar-refractivity contribution in [3.8, 4) is 0 Å². The number of hydrogen-bond donors (Lipinski definition) is 0. The lowest BCUT2D eigenvalue weighted by Crippen LogP contribution is -2.47. The molecule has 1 aromatic carbocycles. The Labute approximate surface area is 149 Å². The van der Waals surface area contributed by atoms with Crippen molar-refractivity contribution in [3.63, 3.8) is 0 Å². The average Bonchev–Trinajstić information content (AvgIpc) is 2.67. The van der Waals surface area contributed by atoms with Crippen LogP contribution in [0.3, 0.4) is 0 Å². The molecule has 0 N–H and O–H groups in total. The van der Waals surface area contributed by atoms with Gasteiger partial charge in [0.05, 0.1) is 18.8 Å². The van der Waals surface area contributed by atoms with Gasteiger partial charge in [-0.15, -0.1) is 0 Å². The van der Waals surface area contributed by atoms with Crippen LogP contribution in [0.2, 0.25) is 0 Å². The number of ether oxygens (including phenoxy) is 1. The molecule has 0 bridgehead atoms. The van der Waals surface area contributed by atoms with E-state index in [9.17, 15) is 22.8 Å². The summed E-state index contributed by atoms with van der Waals surface area (Å²) in [6, 6.07) is 4.46. The Morgan fingerprint density at radius 3 is 2.27 bits per heavy atom. The minimum Gasteiger partial charge on any atom is -0.378 e. The summed E-state index contributed by atoms with van der Waals surface area (Å²) in [5.74, 6) is -0.480. The summed E-state index contributed by atoms with van der Waals surface area (Å²) in [5.41, 5.74) is -0.807. The molecule has 8 heteroatoms. The van der Waals surface area contributed by atoms with Crippen molar-refractivity contribution >= 4 is 11.8 Å². The molecule has 0 aliphatic carbocycles. The Morgan fingerprint density at radius 1 is 1.00 bits per heavy atom. The zero-order chi connectivity index (χ0) is 18.7. The number of hydrogen-bond acceptors (Lipinski definition) is 3. The molecule has 0 atom stereocenters. The van der Waals surface area contributed by atoms with Gasteiger partial charge in [0.2, 0.25) is 5.91 Å². The number of benzene rings is 1. The van der Waals surface area contributed by atoms with Crippen molar-refractivity contribution < 1.29 is 27.5 Å². The van der Waals surface area contributed by atoms with Crippen LogP contribution in [-0.2, 0) is 15.7 Å². The number of rotatable bonds is 2. The number of likely N-dealkylation sites (tertiary alicyclic amines) is 1. The SMILES string of the molecule is O=C(c1cccc(C(F)(F)F)c1)N1CCC(C(=O)N2CCOCC2)CC1. The Balaban J connectivity index is 1.59. The molecule has 2 fully saturated rings. The molecular weight excluding hydrogens is 349 g/mol. The topological polar surface area (TPSA) is 49.9 Å². The predicted octanol–water partition coefficient (Wildman–Crippen LogP) is 2.42. The zero-order valence-corrected chi connectivity index (χ0v) is 14.3. The molecular formula is C18H21F3N2O3. The highest BCUT2D eigenvalue weighted by Crippen LogP contribution is 2.30. The van der Waals surface area contributed by atoms with Crippen LogP contribution in [0.5, 0.6) is 0 Å². The van der Waals surface area contributed by atoms with Crippen LogP contribution >= 0.6 is 0 Å². The number of piperidine rings is 1. The zero-order valence-electron chi connectivity index (χ0n) is 14.3. The third-order valence-electron chi connectivity index (χ3n) is 4.89. The Bertz CT molecular complexity index is 664. The van der Waals surface area contributed by atoms with E-state index in [1.54, 1.807) is 4.90 Å². The summed E-state index contributed by atoms with van der Waals surface area (Å²) in [6.45, 7) is 2.99. The maximum Gasteiger partial charge on any atom is 0.416 e. The van der Waals surface area contributed by atoms with E-state index in [-0.39, 0.29) is 17.4 Å². The molecule has 1 aromatic rings. The maximum absolute atomic E-state index is 12.8. The minimum atomic E-state index is -4.48. The summed E-state index contributed by atoms with van der Waals surface area (Å²) in [5, 5.41) is 0. The van der Waals surface area contributed by atoms with E-state index in [0.717, 1.165) is 12.1 Å². The third kappa shape index (κ3) is 4.17. The minimum absolute atomic E-state index is 0.0257. The molecule has 0 spiro atoms. The second-order valence-corrected chi connectivity index (χ2v) is 6.58. The lowest BCUT2D eigenvalue weighted by Gasteiger charge is -2.35. The summed E-state index contributed by atoms with van der Waals surface area (Å²) in [6.07, 6.45) is -3.42. The van der Waals surface area contributed by atoms with Crippen molar-refractivity contribution in [3.05, 3.63) is 35.4 Å². The van der Waals surface area contributed by atoms with Crippen LogP contribution in [0.4, 0.5) is 13.2 Å². The van der Waals surface area contributed by atoms with Gasteiger partial charge < -0.3 is 14.5 Å². The molecule has 0 unspecified atom stereocenters. The van der Waals surface area contributed by atoms with Gasteiger partial charge in [-0.3, -0.25) is 9.59 Å². The quantitative estimate of drug-likeness (QED) is 0.803. The standard InChI is InChI=1S/C18H21F3N2O3/c19-18(20,21)15-3-1-2-14(12-15)17(25)22-6-4-13(5-7-22)16(24)23-8-10-26-11-9-23/h1-3,12-13H,4-11H2. The van der Waals surface area contributed by atoms with Gasteiger partial charge in [0, 0.05) is 37.7 Å². The third-order valence-corrected chi connectivity index (χ3v) is 4.89. The van der Waals surface area contributed by atoms with Gasteiger partial charge in [-0.05, 0) is 31.0 Å². The number of carbonyl (C=O) groups excluding carboxylic acids is 2. The second kappa shape index (κ2) is 7.65. The van der Waals surface area contributed by atoms with Crippen molar-refractivity contribution in [2.24, 2.45) is 5.92 Å². The first-order valence-corrected chi connectivity index (χ1v) is 8.69. The fourth-order valence-corrected chi connectivity index (χ4v) is 3.38. The van der Waals surface area contributed by atoms with E-state index in [1.165, 1.54) is 17.0 Å². The van der Waals surface area contributed by atoms with Gasteiger partial charge in [-0.2, -0.15) is 13.2 Å². The number of nitrogens with zero attached hydrogens (tertiary/aromatic N) is 2. The smallest absolute Gasteiger partial charge is 0.378 e. The molecule has 3 rings (SSSR count). The van der Waals surface area contributed by atoms with Crippen LogP contribution in [0.15, 0.2) is 24.3 Å². The number of morpholine rings is 1. The summed E-state index contributed by atoms with van der Waals surface area (Å²) < 4.78 is 43.7. The van der Waals surface area contributed by atoms with Crippen molar-refractivity contribution in [2.45, 2.75) is 19.0 Å². The summed E-state index contributed by atoms with van der Waals surface area (Å²) >= 11 is 0. The van der Waals surface area contributed by atoms with Crippen LogP contribution < -0.4 is 0 Å². The van der Waals surface area contributed by atoms with Crippen LogP contribution in [0, 0.1) is 5.92 Å². The lowest BCUT2D eigenvalue weighted by atomic mass is 9.94. The van der Waals surface area contributed by atoms with Crippen molar-refractivity contribution in [2.75, 3.05) is 39.4 Å². The first-order valence-electron chi connectivity index (χ1n) is 8.69. The highest BCUT2D eigenvalue weighted by atomic mass is 19.4. The van der Waals surface area contributed by atoms with Gasteiger partial charge in [0.25, 0.3) is 5.91 Å². The summed E-state index contributed by atoms with van der Waals surface area (Å²) in [4.78, 5) is 28.3. The van der Waals surface area contributed by atoms with Gasteiger partial charge in [0.15, 0.2) is 0 Å². The van der Waals surface area contributed by atoms with Gasteiger partial charge in [0.1, 0.15) is 0 Å². The molecule has 0 radical (unpaired) electrons.